The Labute approximate surface area is 124 Å². The summed E-state index contributed by atoms with van der Waals surface area (Å²) in [5, 5.41) is 4.58. The second kappa shape index (κ2) is 5.02. The fraction of sp³-hybridized carbons (Fsp3) is 0.0714. The molecule has 0 unspecified atom stereocenters. The fourth-order valence-electron chi connectivity index (χ4n) is 1.99. The third kappa shape index (κ3) is 2.38. The Kier molecular flexibility index (Phi) is 3.19. The number of hydrogen-bond donors (Lipinski definition) is 3. The van der Waals surface area contributed by atoms with Gasteiger partial charge in [0.1, 0.15) is 12.1 Å². The molecule has 0 radical (unpaired) electrons. The lowest BCUT2D eigenvalue weighted by Gasteiger charge is -2.08. The number of rotatable bonds is 2. The molecule has 0 spiro atoms. The van der Waals surface area contributed by atoms with Crippen molar-refractivity contribution in [3.05, 3.63) is 41.0 Å². The number of nitrogens with two attached hydrogens (primary N) is 2. The van der Waals surface area contributed by atoms with Crippen LogP contribution in [0.4, 0.5) is 17.2 Å². The minimum atomic E-state index is -0.243. The highest BCUT2D eigenvalue weighted by Crippen LogP contribution is 2.28. The van der Waals surface area contributed by atoms with E-state index in [0.29, 0.717) is 33.0 Å². The Bertz CT molecular complexity index is 842. The second-order valence-corrected chi connectivity index (χ2v) is 5.49. The molecule has 0 atom stereocenters. The third-order valence-corrected chi connectivity index (χ3v) is 4.13. The van der Waals surface area contributed by atoms with Crippen LogP contribution < -0.4 is 16.8 Å². The van der Waals surface area contributed by atoms with E-state index in [1.54, 1.807) is 17.5 Å². The Balaban J connectivity index is 1.98. The van der Waals surface area contributed by atoms with Gasteiger partial charge in [0.25, 0.3) is 5.91 Å². The van der Waals surface area contributed by atoms with E-state index in [9.17, 15) is 4.79 Å². The van der Waals surface area contributed by atoms with Crippen molar-refractivity contribution in [1.82, 2.24) is 9.97 Å². The van der Waals surface area contributed by atoms with E-state index < -0.39 is 0 Å². The van der Waals surface area contributed by atoms with Crippen molar-refractivity contribution in [2.24, 2.45) is 0 Å². The van der Waals surface area contributed by atoms with Crippen LogP contribution in [0.25, 0.3) is 10.2 Å². The van der Waals surface area contributed by atoms with Crippen LogP contribution in [-0.2, 0) is 0 Å². The van der Waals surface area contributed by atoms with Crippen LogP contribution in [0.15, 0.2) is 29.9 Å². The number of amides is 1. The first-order valence-electron chi connectivity index (χ1n) is 6.21. The topological polar surface area (TPSA) is 107 Å². The number of aromatic nitrogens is 2. The molecule has 1 aromatic carbocycles. The van der Waals surface area contributed by atoms with E-state index in [1.165, 1.54) is 17.7 Å². The summed E-state index contributed by atoms with van der Waals surface area (Å²) in [6.07, 6.45) is 1.35. The standard InChI is InChI=1S/C14H13N5OS/c1-7-2-3-8(15)4-10(7)19-14(20)9-5-21-12-11(9)17-6-18-13(12)16/h2-6H,15H2,1H3,(H,19,20)(H2,16,17,18). The average Bonchev–Trinajstić information content (AvgIpc) is 2.88. The molecule has 0 saturated carbocycles. The number of anilines is 3. The summed E-state index contributed by atoms with van der Waals surface area (Å²) < 4.78 is 0.715. The Hall–Kier alpha value is -2.67. The zero-order valence-electron chi connectivity index (χ0n) is 11.3. The first kappa shape index (κ1) is 13.3. The van der Waals surface area contributed by atoms with Crippen molar-refractivity contribution >= 4 is 44.7 Å². The summed E-state index contributed by atoms with van der Waals surface area (Å²) in [5.41, 5.74) is 14.8. The predicted molar refractivity (Wildman–Crippen MR) is 85.4 cm³/mol. The molecule has 0 bridgehead atoms. The second-order valence-electron chi connectivity index (χ2n) is 4.61. The quantitative estimate of drug-likeness (QED) is 0.630. The van der Waals surface area contributed by atoms with Gasteiger partial charge in [-0.3, -0.25) is 4.79 Å². The van der Waals surface area contributed by atoms with Crippen LogP contribution >= 0.6 is 11.3 Å². The first-order valence-corrected chi connectivity index (χ1v) is 7.09. The van der Waals surface area contributed by atoms with Crippen LogP contribution in [0.2, 0.25) is 0 Å². The third-order valence-electron chi connectivity index (χ3n) is 3.14. The Morgan fingerprint density at radius 1 is 1.29 bits per heavy atom. The highest BCUT2D eigenvalue weighted by Gasteiger charge is 2.16. The molecule has 3 rings (SSSR count). The lowest BCUT2D eigenvalue weighted by Crippen LogP contribution is -2.13. The number of thiophene rings is 1. The molecule has 6 nitrogen and oxygen atoms in total. The molecule has 2 aromatic heterocycles. The predicted octanol–water partition coefficient (Wildman–Crippen LogP) is 2.42. The summed E-state index contributed by atoms with van der Waals surface area (Å²) in [7, 11) is 0. The first-order chi connectivity index (χ1) is 10.1. The van der Waals surface area contributed by atoms with Crippen LogP contribution in [0.3, 0.4) is 0 Å². The van der Waals surface area contributed by atoms with Gasteiger partial charge in [-0.25, -0.2) is 9.97 Å². The van der Waals surface area contributed by atoms with Crippen LogP contribution in [0.1, 0.15) is 15.9 Å². The summed E-state index contributed by atoms with van der Waals surface area (Å²) in [5.74, 6) is 0.136. The zero-order chi connectivity index (χ0) is 15.0. The van der Waals surface area contributed by atoms with E-state index in [4.69, 9.17) is 11.5 Å². The molecule has 7 heteroatoms. The molecule has 1 amide bonds. The number of nitrogen functional groups attached to an aromatic ring is 2. The van der Waals surface area contributed by atoms with Gasteiger partial charge in [-0.05, 0) is 24.6 Å². The van der Waals surface area contributed by atoms with Crippen molar-refractivity contribution in [2.45, 2.75) is 6.92 Å². The molecule has 0 aliphatic heterocycles. The van der Waals surface area contributed by atoms with Gasteiger partial charge in [-0.2, -0.15) is 0 Å². The van der Waals surface area contributed by atoms with Crippen molar-refractivity contribution < 1.29 is 4.79 Å². The Morgan fingerprint density at radius 3 is 2.90 bits per heavy atom. The van der Waals surface area contributed by atoms with Gasteiger partial charge in [0.2, 0.25) is 0 Å². The zero-order valence-corrected chi connectivity index (χ0v) is 12.1. The number of carbonyl (C=O) groups is 1. The number of fused-ring (bicyclic) bond motifs is 1. The molecule has 0 aliphatic rings. The number of carbonyl (C=O) groups excluding carboxylic acids is 1. The van der Waals surface area contributed by atoms with Crippen molar-refractivity contribution in [3.8, 4) is 0 Å². The van der Waals surface area contributed by atoms with Gasteiger partial charge in [0.05, 0.1) is 15.8 Å². The summed E-state index contributed by atoms with van der Waals surface area (Å²) >= 11 is 1.35. The molecule has 0 saturated heterocycles. The fourth-order valence-corrected chi connectivity index (χ4v) is 2.90. The van der Waals surface area contributed by atoms with E-state index in [2.05, 4.69) is 15.3 Å². The van der Waals surface area contributed by atoms with Crippen LogP contribution in [0.5, 0.6) is 0 Å². The molecule has 3 aromatic rings. The number of aryl methyl sites for hydroxylation is 1. The maximum atomic E-state index is 12.4. The van der Waals surface area contributed by atoms with Gasteiger partial charge in [-0.1, -0.05) is 6.07 Å². The lowest BCUT2D eigenvalue weighted by molar-refractivity contribution is 0.102. The highest BCUT2D eigenvalue weighted by molar-refractivity contribution is 7.18. The van der Waals surface area contributed by atoms with Gasteiger partial charge < -0.3 is 16.8 Å². The molecule has 0 fully saturated rings. The lowest BCUT2D eigenvalue weighted by atomic mass is 10.1. The minimum absolute atomic E-state index is 0.243. The van der Waals surface area contributed by atoms with Gasteiger partial charge in [0, 0.05) is 16.8 Å². The van der Waals surface area contributed by atoms with E-state index in [0.717, 1.165) is 5.56 Å². The number of nitrogens with one attached hydrogen (secondary N) is 1. The summed E-state index contributed by atoms with van der Waals surface area (Å²) in [4.78, 5) is 20.5. The summed E-state index contributed by atoms with van der Waals surface area (Å²) in [6.45, 7) is 1.90. The average molecular weight is 299 g/mol. The van der Waals surface area contributed by atoms with Crippen LogP contribution in [-0.4, -0.2) is 15.9 Å². The normalized spacial score (nSPS) is 10.7. The van der Waals surface area contributed by atoms with Gasteiger partial charge in [0.15, 0.2) is 0 Å². The summed E-state index contributed by atoms with van der Waals surface area (Å²) in [6, 6.07) is 5.38. The number of hydrogen-bond acceptors (Lipinski definition) is 6. The van der Waals surface area contributed by atoms with Gasteiger partial charge >= 0.3 is 0 Å². The molecule has 21 heavy (non-hydrogen) atoms. The molecule has 2 heterocycles. The largest absolute Gasteiger partial charge is 0.399 e. The smallest absolute Gasteiger partial charge is 0.258 e. The number of benzene rings is 1. The van der Waals surface area contributed by atoms with E-state index >= 15 is 0 Å². The SMILES string of the molecule is Cc1ccc(N)cc1NC(=O)c1csc2c(N)ncnc12. The minimum Gasteiger partial charge on any atom is -0.399 e. The van der Waals surface area contributed by atoms with Gasteiger partial charge in [-0.15, -0.1) is 11.3 Å². The maximum Gasteiger partial charge on any atom is 0.258 e. The Morgan fingerprint density at radius 2 is 2.10 bits per heavy atom. The molecular formula is C14H13N5OS. The number of nitrogens with zero attached hydrogens (tertiary/aromatic N) is 2. The monoisotopic (exact) mass is 299 g/mol. The highest BCUT2D eigenvalue weighted by atomic mass is 32.1. The van der Waals surface area contributed by atoms with E-state index in [1.807, 2.05) is 13.0 Å². The maximum absolute atomic E-state index is 12.4. The molecule has 5 N–H and O–H groups in total. The molecular weight excluding hydrogens is 286 g/mol. The van der Waals surface area contributed by atoms with E-state index in [-0.39, 0.29) is 5.91 Å². The van der Waals surface area contributed by atoms with Crippen molar-refractivity contribution in [3.63, 3.8) is 0 Å². The molecule has 0 aliphatic carbocycles. The molecule has 106 valence electrons. The van der Waals surface area contributed by atoms with Crippen molar-refractivity contribution in [2.75, 3.05) is 16.8 Å². The van der Waals surface area contributed by atoms with Crippen molar-refractivity contribution in [1.29, 1.82) is 0 Å². The van der Waals surface area contributed by atoms with Crippen LogP contribution in [0, 0.1) is 6.92 Å².